The van der Waals surface area contributed by atoms with Crippen LogP contribution in [0.2, 0.25) is 0 Å². The highest BCUT2D eigenvalue weighted by molar-refractivity contribution is 5.65. The second-order valence-corrected chi connectivity index (χ2v) is 6.00. The zero-order valence-corrected chi connectivity index (χ0v) is 14.2. The maximum atomic E-state index is 6.84. The molecule has 0 fully saturated rings. The molecule has 0 aliphatic heterocycles. The highest BCUT2D eigenvalue weighted by Gasteiger charge is 2.27. The molecule has 0 bridgehead atoms. The highest BCUT2D eigenvalue weighted by Crippen LogP contribution is 2.33. The first kappa shape index (κ1) is 16.3. The van der Waals surface area contributed by atoms with Crippen molar-refractivity contribution in [3.05, 3.63) is 90.0 Å². The number of methoxy groups -OCH3 is 1. The molecule has 3 aromatic carbocycles. The summed E-state index contributed by atoms with van der Waals surface area (Å²) in [7, 11) is 1.67. The Balaban J connectivity index is 2.04. The fourth-order valence-electron chi connectivity index (χ4n) is 3.07. The van der Waals surface area contributed by atoms with E-state index in [9.17, 15) is 0 Å². The summed E-state index contributed by atoms with van der Waals surface area (Å²) in [5, 5.41) is 0. The van der Waals surface area contributed by atoms with E-state index in [-0.39, 0.29) is 0 Å². The predicted molar refractivity (Wildman–Crippen MR) is 100 cm³/mol. The first-order valence-corrected chi connectivity index (χ1v) is 8.27. The standard InChI is InChI=1S/C22H23NO/c1-3-22(23,19-12-14-21(24-2)15-13-19)20-11-7-10-18(16-20)17-8-5-4-6-9-17/h4-16H,3,23H2,1-2H3. The Morgan fingerprint density at radius 3 is 2.08 bits per heavy atom. The van der Waals surface area contributed by atoms with Gasteiger partial charge in [0.15, 0.2) is 0 Å². The molecule has 2 nitrogen and oxygen atoms in total. The van der Waals surface area contributed by atoms with Crippen LogP contribution in [0.4, 0.5) is 0 Å². The van der Waals surface area contributed by atoms with Crippen molar-refractivity contribution in [1.29, 1.82) is 0 Å². The average molecular weight is 317 g/mol. The van der Waals surface area contributed by atoms with Gasteiger partial charge in [-0.25, -0.2) is 0 Å². The van der Waals surface area contributed by atoms with Crippen LogP contribution in [0, 0.1) is 0 Å². The van der Waals surface area contributed by atoms with E-state index in [1.165, 1.54) is 11.1 Å². The van der Waals surface area contributed by atoms with E-state index in [1.807, 2.05) is 18.2 Å². The van der Waals surface area contributed by atoms with Gasteiger partial charge in [-0.15, -0.1) is 0 Å². The number of benzene rings is 3. The molecule has 3 aromatic rings. The van der Waals surface area contributed by atoms with Crippen molar-refractivity contribution in [2.45, 2.75) is 18.9 Å². The highest BCUT2D eigenvalue weighted by atomic mass is 16.5. The van der Waals surface area contributed by atoms with E-state index in [0.29, 0.717) is 0 Å². The van der Waals surface area contributed by atoms with Crippen molar-refractivity contribution in [1.82, 2.24) is 0 Å². The molecule has 1 unspecified atom stereocenters. The Kier molecular flexibility index (Phi) is 4.68. The lowest BCUT2D eigenvalue weighted by atomic mass is 9.80. The molecule has 1 atom stereocenters. The van der Waals surface area contributed by atoms with Gasteiger partial charge in [0, 0.05) is 0 Å². The molecule has 0 radical (unpaired) electrons. The van der Waals surface area contributed by atoms with Crippen LogP contribution < -0.4 is 10.5 Å². The first-order valence-electron chi connectivity index (χ1n) is 8.27. The van der Waals surface area contributed by atoms with Crippen LogP contribution in [0.1, 0.15) is 24.5 Å². The number of nitrogens with two attached hydrogens (primary N) is 1. The summed E-state index contributed by atoms with van der Waals surface area (Å²) >= 11 is 0. The van der Waals surface area contributed by atoms with Crippen LogP contribution in [-0.4, -0.2) is 7.11 Å². The van der Waals surface area contributed by atoms with E-state index < -0.39 is 5.54 Å². The summed E-state index contributed by atoms with van der Waals surface area (Å²) in [6, 6.07) is 26.9. The minimum atomic E-state index is -0.517. The summed E-state index contributed by atoms with van der Waals surface area (Å²) in [6.45, 7) is 2.12. The zero-order chi connectivity index (χ0) is 17.0. The molecule has 122 valence electrons. The second-order valence-electron chi connectivity index (χ2n) is 6.00. The molecule has 2 N–H and O–H groups in total. The Morgan fingerprint density at radius 1 is 0.792 bits per heavy atom. The van der Waals surface area contributed by atoms with Crippen LogP contribution in [0.15, 0.2) is 78.9 Å². The van der Waals surface area contributed by atoms with Crippen LogP contribution >= 0.6 is 0 Å². The number of rotatable bonds is 5. The van der Waals surface area contributed by atoms with Gasteiger partial charge in [0.1, 0.15) is 5.75 Å². The largest absolute Gasteiger partial charge is 0.497 e. The van der Waals surface area contributed by atoms with Gasteiger partial charge in [-0.1, -0.05) is 67.6 Å². The summed E-state index contributed by atoms with van der Waals surface area (Å²) < 4.78 is 5.26. The third-order valence-corrected chi connectivity index (χ3v) is 4.65. The van der Waals surface area contributed by atoms with Crippen molar-refractivity contribution >= 4 is 0 Å². The Hall–Kier alpha value is -2.58. The fourth-order valence-corrected chi connectivity index (χ4v) is 3.07. The minimum absolute atomic E-state index is 0.517. The SMILES string of the molecule is CCC(N)(c1ccc(OC)cc1)c1cccc(-c2ccccc2)c1. The first-order chi connectivity index (χ1) is 11.7. The predicted octanol–water partition coefficient (Wildman–Crippen LogP) is 4.97. The molecule has 0 saturated carbocycles. The van der Waals surface area contributed by atoms with Crippen LogP contribution in [0.25, 0.3) is 11.1 Å². The molecule has 0 spiro atoms. The lowest BCUT2D eigenvalue weighted by Crippen LogP contribution is -2.37. The molecule has 2 heteroatoms. The molecule has 3 rings (SSSR count). The van der Waals surface area contributed by atoms with E-state index in [4.69, 9.17) is 10.5 Å². The molecule has 0 aromatic heterocycles. The molecule has 0 aliphatic carbocycles. The monoisotopic (exact) mass is 317 g/mol. The molecule has 0 aliphatic rings. The van der Waals surface area contributed by atoms with Gasteiger partial charge < -0.3 is 10.5 Å². The molecule has 0 amide bonds. The molecule has 0 heterocycles. The second kappa shape index (κ2) is 6.90. The van der Waals surface area contributed by atoms with Gasteiger partial charge in [-0.2, -0.15) is 0 Å². The number of hydrogen-bond donors (Lipinski definition) is 1. The van der Waals surface area contributed by atoms with Gasteiger partial charge in [0.05, 0.1) is 12.6 Å². The van der Waals surface area contributed by atoms with Crippen molar-refractivity contribution in [3.63, 3.8) is 0 Å². The molecule has 24 heavy (non-hydrogen) atoms. The summed E-state index contributed by atoms with van der Waals surface area (Å²) in [6.07, 6.45) is 0.817. The van der Waals surface area contributed by atoms with E-state index in [2.05, 4.69) is 67.6 Å². The van der Waals surface area contributed by atoms with Gasteiger partial charge in [-0.3, -0.25) is 0 Å². The topological polar surface area (TPSA) is 35.2 Å². The van der Waals surface area contributed by atoms with Crippen LogP contribution in [0.3, 0.4) is 0 Å². The quantitative estimate of drug-likeness (QED) is 0.720. The maximum absolute atomic E-state index is 6.84. The van der Waals surface area contributed by atoms with Gasteiger partial charge in [-0.05, 0) is 46.9 Å². The number of hydrogen-bond acceptors (Lipinski definition) is 2. The Labute approximate surface area is 143 Å². The van der Waals surface area contributed by atoms with Crippen molar-refractivity contribution in [3.8, 4) is 16.9 Å². The van der Waals surface area contributed by atoms with E-state index >= 15 is 0 Å². The summed E-state index contributed by atoms with van der Waals surface area (Å²) in [4.78, 5) is 0. The fraction of sp³-hybridized carbons (Fsp3) is 0.182. The van der Waals surface area contributed by atoms with Crippen LogP contribution in [0.5, 0.6) is 5.75 Å². The van der Waals surface area contributed by atoms with E-state index in [0.717, 1.165) is 23.3 Å². The Bertz CT molecular complexity index is 796. The minimum Gasteiger partial charge on any atom is -0.497 e. The van der Waals surface area contributed by atoms with Crippen molar-refractivity contribution in [2.75, 3.05) is 7.11 Å². The third kappa shape index (κ3) is 3.06. The lowest BCUT2D eigenvalue weighted by molar-refractivity contribution is 0.414. The summed E-state index contributed by atoms with van der Waals surface area (Å²) in [5.41, 5.74) is 10.9. The lowest BCUT2D eigenvalue weighted by Gasteiger charge is -2.30. The molecule has 0 saturated heterocycles. The van der Waals surface area contributed by atoms with E-state index in [1.54, 1.807) is 7.11 Å². The van der Waals surface area contributed by atoms with Gasteiger partial charge in [0.25, 0.3) is 0 Å². The van der Waals surface area contributed by atoms with Crippen molar-refractivity contribution < 1.29 is 4.74 Å². The molecular weight excluding hydrogens is 294 g/mol. The Morgan fingerprint density at radius 2 is 1.46 bits per heavy atom. The zero-order valence-electron chi connectivity index (χ0n) is 14.2. The third-order valence-electron chi connectivity index (χ3n) is 4.65. The number of ether oxygens (including phenoxy) is 1. The molecular formula is C22H23NO. The van der Waals surface area contributed by atoms with Crippen LogP contribution in [-0.2, 0) is 5.54 Å². The van der Waals surface area contributed by atoms with Gasteiger partial charge in [0.2, 0.25) is 0 Å². The average Bonchev–Trinajstić information content (AvgIpc) is 2.68. The summed E-state index contributed by atoms with van der Waals surface area (Å²) in [5.74, 6) is 0.843. The van der Waals surface area contributed by atoms with Gasteiger partial charge >= 0.3 is 0 Å². The van der Waals surface area contributed by atoms with Crippen molar-refractivity contribution in [2.24, 2.45) is 5.73 Å². The maximum Gasteiger partial charge on any atom is 0.118 e. The normalized spacial score (nSPS) is 13.3. The smallest absolute Gasteiger partial charge is 0.118 e.